The molecule has 146 valence electrons. The Labute approximate surface area is 179 Å². The van der Waals surface area contributed by atoms with E-state index in [1.54, 1.807) is 0 Å². The quantitative estimate of drug-likeness (QED) is 0.487. The number of fused-ring (bicyclic) bond motifs is 1. The molecule has 2 amide bonds. The predicted octanol–water partition coefficient (Wildman–Crippen LogP) is 5.64. The Kier molecular flexibility index (Phi) is 5.25. The van der Waals surface area contributed by atoms with E-state index in [0.717, 1.165) is 27.8 Å². The van der Waals surface area contributed by atoms with Crippen molar-refractivity contribution < 1.29 is 14.0 Å². The van der Waals surface area contributed by atoms with Gasteiger partial charge in [-0.25, -0.2) is 0 Å². The molecule has 0 radical (unpaired) electrons. The molecule has 1 aliphatic rings. The summed E-state index contributed by atoms with van der Waals surface area (Å²) in [5, 5.41) is 0.327. The number of carbonyl (C=O) groups is 2. The molecule has 0 unspecified atom stereocenters. The first-order valence-electron chi connectivity index (χ1n) is 8.55. The lowest BCUT2D eigenvalue weighted by molar-refractivity contribution is -0.123. The molecule has 0 N–H and O–H groups in total. The van der Waals surface area contributed by atoms with Crippen LogP contribution in [0.1, 0.15) is 16.7 Å². The molecule has 4 rings (SSSR count). The van der Waals surface area contributed by atoms with Gasteiger partial charge in [0, 0.05) is 5.02 Å². The first-order chi connectivity index (χ1) is 13.8. The van der Waals surface area contributed by atoms with Crippen molar-refractivity contribution in [3.8, 4) is 0 Å². The largest absolute Gasteiger partial charge is 0.462 e. The van der Waals surface area contributed by atoms with Gasteiger partial charge in [-0.05, 0) is 42.5 Å². The Bertz CT molecular complexity index is 1250. The second-order valence-corrected chi connectivity index (χ2v) is 8.37. The van der Waals surface area contributed by atoms with Crippen LogP contribution in [-0.4, -0.2) is 16.0 Å². The summed E-state index contributed by atoms with van der Waals surface area (Å²) in [5.74, 6) is -0.454. The van der Waals surface area contributed by atoms with Gasteiger partial charge in [0.25, 0.3) is 11.1 Å². The highest BCUT2D eigenvalue weighted by molar-refractivity contribution is 8.18. The number of nitrogens with zero attached hydrogens (tertiary/aromatic N) is 1. The Morgan fingerprint density at radius 3 is 2.55 bits per heavy atom. The van der Waals surface area contributed by atoms with E-state index in [-0.39, 0.29) is 38.4 Å². The zero-order valence-corrected chi connectivity index (χ0v) is 17.4. The fourth-order valence-corrected chi connectivity index (χ4v) is 4.30. The standard InChI is InChI=1S/C21H13Cl2NO4S/c1-11-2-4-12(5-3-11)9-24-20(26)17(29-21(24)27)6-13-10-28-19-15(18(13)25)7-14(22)8-16(19)23/h2-8,10H,9H2,1H3/b17-6-. The van der Waals surface area contributed by atoms with Crippen molar-refractivity contribution in [1.82, 2.24) is 4.90 Å². The third-order valence-electron chi connectivity index (χ3n) is 4.44. The number of halogens is 2. The van der Waals surface area contributed by atoms with Crippen LogP contribution in [0, 0.1) is 6.92 Å². The fourth-order valence-electron chi connectivity index (χ4n) is 2.93. The lowest BCUT2D eigenvalue weighted by Gasteiger charge is -2.12. The number of carbonyl (C=O) groups excluding carboxylic acids is 2. The van der Waals surface area contributed by atoms with E-state index in [1.165, 1.54) is 24.5 Å². The Hall–Kier alpha value is -2.54. The second-order valence-electron chi connectivity index (χ2n) is 6.54. The topological polar surface area (TPSA) is 67.6 Å². The molecule has 1 fully saturated rings. The lowest BCUT2D eigenvalue weighted by atomic mass is 10.1. The van der Waals surface area contributed by atoms with E-state index in [9.17, 15) is 14.4 Å². The van der Waals surface area contributed by atoms with Crippen molar-refractivity contribution in [2.75, 3.05) is 0 Å². The summed E-state index contributed by atoms with van der Waals surface area (Å²) < 4.78 is 5.46. The van der Waals surface area contributed by atoms with E-state index in [4.69, 9.17) is 27.6 Å². The molecule has 29 heavy (non-hydrogen) atoms. The minimum absolute atomic E-state index is 0.136. The molecule has 3 aromatic rings. The number of rotatable bonds is 3. The minimum Gasteiger partial charge on any atom is -0.462 e. The maximum Gasteiger partial charge on any atom is 0.293 e. The molecule has 0 bridgehead atoms. The molecule has 0 aliphatic carbocycles. The van der Waals surface area contributed by atoms with E-state index in [1.807, 2.05) is 31.2 Å². The summed E-state index contributed by atoms with van der Waals surface area (Å²) in [6, 6.07) is 10.5. The van der Waals surface area contributed by atoms with Gasteiger partial charge >= 0.3 is 0 Å². The average molecular weight is 446 g/mol. The van der Waals surface area contributed by atoms with Crippen LogP contribution in [-0.2, 0) is 11.3 Å². The van der Waals surface area contributed by atoms with Crippen LogP contribution >= 0.6 is 35.0 Å². The summed E-state index contributed by atoms with van der Waals surface area (Å²) in [6.45, 7) is 2.13. The molecule has 0 spiro atoms. The van der Waals surface area contributed by atoms with Gasteiger partial charge in [0.15, 0.2) is 11.0 Å². The Morgan fingerprint density at radius 2 is 1.83 bits per heavy atom. The average Bonchev–Trinajstić information content (AvgIpc) is 2.93. The third-order valence-corrected chi connectivity index (χ3v) is 5.85. The Morgan fingerprint density at radius 1 is 1.10 bits per heavy atom. The molecule has 0 atom stereocenters. The minimum atomic E-state index is -0.454. The molecule has 5 nitrogen and oxygen atoms in total. The lowest BCUT2D eigenvalue weighted by Crippen LogP contribution is -2.27. The number of thioether (sulfide) groups is 1. The molecule has 1 saturated heterocycles. The van der Waals surface area contributed by atoms with Crippen LogP contribution in [0.3, 0.4) is 0 Å². The molecular formula is C21H13Cl2NO4S. The Balaban J connectivity index is 1.67. The van der Waals surface area contributed by atoms with Gasteiger partial charge in [0.1, 0.15) is 6.26 Å². The molecule has 1 aliphatic heterocycles. The number of benzene rings is 2. The molecule has 2 heterocycles. The number of aryl methyl sites for hydroxylation is 1. The molecule has 0 saturated carbocycles. The summed E-state index contributed by atoms with van der Waals surface area (Å²) in [5.41, 5.74) is 1.89. The van der Waals surface area contributed by atoms with Crippen molar-refractivity contribution >= 4 is 63.2 Å². The van der Waals surface area contributed by atoms with Crippen molar-refractivity contribution in [1.29, 1.82) is 0 Å². The van der Waals surface area contributed by atoms with Crippen LogP contribution < -0.4 is 5.43 Å². The number of hydrogen-bond donors (Lipinski definition) is 0. The van der Waals surface area contributed by atoms with Gasteiger partial charge < -0.3 is 4.42 Å². The zero-order valence-electron chi connectivity index (χ0n) is 15.1. The maximum absolute atomic E-state index is 12.8. The molecular weight excluding hydrogens is 433 g/mol. The monoisotopic (exact) mass is 445 g/mol. The second kappa shape index (κ2) is 7.71. The normalized spacial score (nSPS) is 15.7. The molecule has 1 aromatic heterocycles. The summed E-state index contributed by atoms with van der Waals surface area (Å²) in [7, 11) is 0. The first-order valence-corrected chi connectivity index (χ1v) is 10.1. The van der Waals surface area contributed by atoms with Crippen LogP contribution in [0.5, 0.6) is 0 Å². The highest BCUT2D eigenvalue weighted by Gasteiger charge is 2.35. The number of imide groups is 1. The van der Waals surface area contributed by atoms with Crippen molar-refractivity contribution in [3.05, 3.63) is 84.5 Å². The van der Waals surface area contributed by atoms with E-state index < -0.39 is 11.1 Å². The van der Waals surface area contributed by atoms with E-state index >= 15 is 0 Å². The number of amides is 2. The van der Waals surface area contributed by atoms with Crippen LogP contribution in [0.4, 0.5) is 4.79 Å². The summed E-state index contributed by atoms with van der Waals surface area (Å²) in [4.78, 5) is 39.1. The predicted molar refractivity (Wildman–Crippen MR) is 115 cm³/mol. The van der Waals surface area contributed by atoms with Crippen LogP contribution in [0.15, 0.2) is 56.8 Å². The summed E-state index contributed by atoms with van der Waals surface area (Å²) >= 11 is 12.8. The van der Waals surface area contributed by atoms with Crippen molar-refractivity contribution in [2.24, 2.45) is 0 Å². The van der Waals surface area contributed by atoms with Crippen molar-refractivity contribution in [3.63, 3.8) is 0 Å². The van der Waals surface area contributed by atoms with E-state index in [0.29, 0.717) is 5.02 Å². The van der Waals surface area contributed by atoms with E-state index in [2.05, 4.69) is 0 Å². The van der Waals surface area contributed by atoms with Gasteiger partial charge in [0.2, 0.25) is 0 Å². The van der Waals surface area contributed by atoms with Gasteiger partial charge in [-0.3, -0.25) is 19.3 Å². The van der Waals surface area contributed by atoms with Gasteiger partial charge in [-0.2, -0.15) is 0 Å². The van der Waals surface area contributed by atoms with Crippen molar-refractivity contribution in [2.45, 2.75) is 13.5 Å². The highest BCUT2D eigenvalue weighted by atomic mass is 35.5. The SMILES string of the molecule is Cc1ccc(CN2C(=O)S/C(=C\c3coc4c(Cl)cc(Cl)cc4c3=O)C2=O)cc1. The van der Waals surface area contributed by atoms with Gasteiger partial charge in [-0.15, -0.1) is 0 Å². The third kappa shape index (κ3) is 3.83. The molecule has 2 aromatic carbocycles. The molecule has 8 heteroatoms. The maximum atomic E-state index is 12.8. The first kappa shape index (κ1) is 19.8. The smallest absolute Gasteiger partial charge is 0.293 e. The van der Waals surface area contributed by atoms with Gasteiger partial charge in [-0.1, -0.05) is 53.0 Å². The van der Waals surface area contributed by atoms with Crippen LogP contribution in [0.25, 0.3) is 17.0 Å². The number of hydrogen-bond acceptors (Lipinski definition) is 5. The fraction of sp³-hybridized carbons (Fsp3) is 0.0952. The zero-order chi connectivity index (χ0) is 20.7. The van der Waals surface area contributed by atoms with Gasteiger partial charge in [0.05, 0.1) is 27.4 Å². The summed E-state index contributed by atoms with van der Waals surface area (Å²) in [6.07, 6.45) is 2.58. The highest BCUT2D eigenvalue weighted by Crippen LogP contribution is 2.33. The van der Waals surface area contributed by atoms with Crippen LogP contribution in [0.2, 0.25) is 10.0 Å².